The third-order valence-electron chi connectivity index (χ3n) is 7.32. The second-order valence-electron chi connectivity index (χ2n) is 13.1. The first-order valence-corrected chi connectivity index (χ1v) is 16.4. The van der Waals surface area contributed by atoms with Crippen LogP contribution in [0.25, 0.3) is 11.4 Å². The van der Waals surface area contributed by atoms with Crippen LogP contribution in [0.4, 0.5) is 10.6 Å². The van der Waals surface area contributed by atoms with E-state index in [4.69, 9.17) is 19.2 Å². The Morgan fingerprint density at radius 1 is 0.843 bits per heavy atom. The molecule has 1 unspecified atom stereocenters. The molecule has 1 aromatic heterocycles. The van der Waals surface area contributed by atoms with E-state index in [2.05, 4.69) is 16.0 Å². The number of anilines is 1. The second-order valence-corrected chi connectivity index (χ2v) is 13.1. The number of nitrogens with zero attached hydrogens (tertiary/aromatic N) is 2. The molecule has 3 N–H and O–H groups in total. The summed E-state index contributed by atoms with van der Waals surface area (Å²) < 4.78 is 18.3. The lowest BCUT2D eigenvalue weighted by Gasteiger charge is -2.29. The van der Waals surface area contributed by atoms with E-state index in [1.807, 2.05) is 91.0 Å². The van der Waals surface area contributed by atoms with Gasteiger partial charge in [0.05, 0.1) is 19.8 Å². The molecule has 0 saturated heterocycles. The molecule has 4 rings (SSSR count). The molecule has 2 atom stereocenters. The Kier molecular flexibility index (Phi) is 14.1. The Hall–Kier alpha value is -5.49. The van der Waals surface area contributed by atoms with Crippen molar-refractivity contribution in [2.75, 3.05) is 18.5 Å². The molecule has 0 aliphatic heterocycles. The van der Waals surface area contributed by atoms with Gasteiger partial charge in [-0.1, -0.05) is 98.4 Å². The lowest BCUT2D eigenvalue weighted by atomic mass is 10.0. The van der Waals surface area contributed by atoms with E-state index in [-0.39, 0.29) is 33.1 Å². The maximum atomic E-state index is 13.9. The Morgan fingerprint density at radius 2 is 1.43 bits per heavy atom. The van der Waals surface area contributed by atoms with Gasteiger partial charge in [0.2, 0.25) is 5.91 Å². The summed E-state index contributed by atoms with van der Waals surface area (Å²) in [6.45, 7) is 10.0. The molecular weight excluding hydrogens is 650 g/mol. The first-order chi connectivity index (χ1) is 23.8. The zero-order valence-corrected chi connectivity index (χ0v) is 29.3. The highest BCUT2D eigenvalue weighted by Gasteiger charge is 2.35. The first-order valence-electron chi connectivity index (χ1n) is 16.4. The summed E-state index contributed by atoms with van der Waals surface area (Å²) in [7, 11) is 0. The average Bonchev–Trinajstić information content (AvgIpc) is 3.47. The number of amides is 3. The molecule has 3 amide bonds. The van der Waals surface area contributed by atoms with Crippen LogP contribution in [0, 0.1) is 0 Å². The molecule has 0 fully saturated rings. The molecule has 51 heavy (non-hydrogen) atoms. The van der Waals surface area contributed by atoms with Crippen molar-refractivity contribution in [3.63, 3.8) is 0 Å². The first kappa shape index (κ1) is 39.9. The standard InChI is InChI=1S/C38H45N5O7.CH4/c1-7-49-34(45)31(27-19-13-9-14-20-27)43-23-30(40-32(43)28-21-15-10-16-22-28)41-33(44)29(25-48-24-26-17-11-8-12-18-26)39-35(46)38(5,6)42-36(47)50-37(2,3)4;/h8-23,29,31H,7,24-25H2,1-6H3,(H,39,46)(H,41,44)(H,42,47);1H4/t29-,31?;/m1./s1. The number of ether oxygens (including phenoxy) is 3. The molecular formula is C39H49N5O7. The summed E-state index contributed by atoms with van der Waals surface area (Å²) in [6, 6.07) is 25.6. The smallest absolute Gasteiger partial charge is 0.408 e. The minimum absolute atomic E-state index is 0. The third-order valence-corrected chi connectivity index (χ3v) is 7.32. The number of rotatable bonds is 14. The van der Waals surface area contributed by atoms with Crippen molar-refractivity contribution in [2.45, 2.75) is 78.8 Å². The molecule has 0 radical (unpaired) electrons. The van der Waals surface area contributed by atoms with Crippen LogP contribution < -0.4 is 16.0 Å². The number of esters is 1. The van der Waals surface area contributed by atoms with Gasteiger partial charge in [0.15, 0.2) is 11.9 Å². The van der Waals surface area contributed by atoms with Crippen LogP contribution in [0.15, 0.2) is 97.2 Å². The number of hydrogen-bond acceptors (Lipinski definition) is 8. The van der Waals surface area contributed by atoms with E-state index in [1.54, 1.807) is 38.5 Å². The maximum Gasteiger partial charge on any atom is 0.408 e. The predicted octanol–water partition coefficient (Wildman–Crippen LogP) is 6.28. The SMILES string of the molecule is C.CCOC(=O)C(c1ccccc1)n1cc(NC(=O)[C@@H](COCc2ccccc2)NC(=O)C(C)(C)NC(=O)OC(C)(C)C)nc1-c1ccccc1. The largest absolute Gasteiger partial charge is 0.464 e. The van der Waals surface area contributed by atoms with Crippen molar-refractivity contribution in [1.29, 1.82) is 0 Å². The molecule has 4 aromatic rings. The van der Waals surface area contributed by atoms with Gasteiger partial charge < -0.3 is 34.7 Å². The highest BCUT2D eigenvalue weighted by atomic mass is 16.6. The van der Waals surface area contributed by atoms with Gasteiger partial charge in [-0.05, 0) is 52.7 Å². The van der Waals surface area contributed by atoms with Gasteiger partial charge in [0.25, 0.3) is 5.91 Å². The lowest BCUT2D eigenvalue weighted by Crippen LogP contribution is -2.59. The van der Waals surface area contributed by atoms with E-state index in [0.29, 0.717) is 17.0 Å². The molecule has 1 heterocycles. The number of alkyl carbamates (subject to hydrolysis) is 1. The van der Waals surface area contributed by atoms with Crippen LogP contribution in [0.1, 0.15) is 66.1 Å². The minimum Gasteiger partial charge on any atom is -0.464 e. The number of carbonyl (C=O) groups is 4. The van der Waals surface area contributed by atoms with Gasteiger partial charge in [-0.2, -0.15) is 0 Å². The minimum atomic E-state index is -1.45. The fraction of sp³-hybridized carbons (Fsp3) is 0.359. The van der Waals surface area contributed by atoms with Gasteiger partial charge in [-0.25, -0.2) is 14.6 Å². The van der Waals surface area contributed by atoms with E-state index in [0.717, 1.165) is 5.56 Å². The van der Waals surface area contributed by atoms with Gasteiger partial charge in [-0.3, -0.25) is 9.59 Å². The Morgan fingerprint density at radius 3 is 2.02 bits per heavy atom. The zero-order chi connectivity index (χ0) is 36.3. The van der Waals surface area contributed by atoms with Gasteiger partial charge in [0.1, 0.15) is 23.0 Å². The van der Waals surface area contributed by atoms with Crippen molar-refractivity contribution >= 4 is 29.7 Å². The molecule has 0 aliphatic rings. The summed E-state index contributed by atoms with van der Waals surface area (Å²) in [5.74, 6) is -1.23. The lowest BCUT2D eigenvalue weighted by molar-refractivity contribution is -0.145. The number of aromatic nitrogens is 2. The summed E-state index contributed by atoms with van der Waals surface area (Å²) >= 11 is 0. The summed E-state index contributed by atoms with van der Waals surface area (Å²) in [5, 5.41) is 8.07. The number of nitrogens with one attached hydrogen (secondary N) is 3. The van der Waals surface area contributed by atoms with Crippen LogP contribution in [0.3, 0.4) is 0 Å². The van der Waals surface area contributed by atoms with Crippen molar-refractivity contribution < 1.29 is 33.4 Å². The highest BCUT2D eigenvalue weighted by molar-refractivity contribution is 5.99. The quantitative estimate of drug-likeness (QED) is 0.130. The van der Waals surface area contributed by atoms with Crippen LogP contribution in [0.5, 0.6) is 0 Å². The number of hydrogen-bond donors (Lipinski definition) is 3. The monoisotopic (exact) mass is 699 g/mol. The number of carbonyl (C=O) groups excluding carboxylic acids is 4. The van der Waals surface area contributed by atoms with Crippen LogP contribution in [0.2, 0.25) is 0 Å². The van der Waals surface area contributed by atoms with Crippen LogP contribution in [-0.2, 0) is 35.2 Å². The van der Waals surface area contributed by atoms with E-state index in [9.17, 15) is 19.2 Å². The molecule has 0 spiro atoms. The normalized spacial score (nSPS) is 12.4. The van der Waals surface area contributed by atoms with Gasteiger partial charge in [-0.15, -0.1) is 0 Å². The number of benzene rings is 3. The molecule has 0 saturated carbocycles. The Balaban J connectivity index is 0.00000702. The second kappa shape index (κ2) is 18.0. The Labute approximate surface area is 299 Å². The topological polar surface area (TPSA) is 150 Å². The van der Waals surface area contributed by atoms with Crippen molar-refractivity contribution in [3.8, 4) is 11.4 Å². The number of imidazole rings is 1. The van der Waals surface area contributed by atoms with E-state index < -0.39 is 47.1 Å². The molecule has 12 nitrogen and oxygen atoms in total. The average molecular weight is 700 g/mol. The molecule has 0 aliphatic carbocycles. The molecule has 0 bridgehead atoms. The fourth-order valence-corrected chi connectivity index (χ4v) is 4.94. The zero-order valence-electron chi connectivity index (χ0n) is 29.3. The van der Waals surface area contributed by atoms with Crippen LogP contribution in [-0.4, -0.2) is 63.8 Å². The van der Waals surface area contributed by atoms with E-state index in [1.165, 1.54) is 13.8 Å². The van der Waals surface area contributed by atoms with Crippen molar-refractivity contribution in [1.82, 2.24) is 20.2 Å². The van der Waals surface area contributed by atoms with Crippen molar-refractivity contribution in [2.24, 2.45) is 0 Å². The Bertz CT molecular complexity index is 1740. The third kappa shape index (κ3) is 11.5. The van der Waals surface area contributed by atoms with Crippen molar-refractivity contribution in [3.05, 3.63) is 108 Å². The maximum absolute atomic E-state index is 13.9. The summed E-state index contributed by atoms with van der Waals surface area (Å²) in [5.41, 5.74) is 0.00761. The van der Waals surface area contributed by atoms with Gasteiger partial charge >= 0.3 is 12.1 Å². The summed E-state index contributed by atoms with van der Waals surface area (Å²) in [4.78, 5) is 58.0. The molecule has 12 heteroatoms. The van der Waals surface area contributed by atoms with E-state index >= 15 is 0 Å². The predicted molar refractivity (Wildman–Crippen MR) is 196 cm³/mol. The summed E-state index contributed by atoms with van der Waals surface area (Å²) in [6.07, 6.45) is 0.777. The fourth-order valence-electron chi connectivity index (χ4n) is 4.94. The molecule has 272 valence electrons. The molecule has 3 aromatic carbocycles. The van der Waals surface area contributed by atoms with Crippen LogP contribution >= 0.6 is 0 Å². The highest BCUT2D eigenvalue weighted by Crippen LogP contribution is 2.30. The van der Waals surface area contributed by atoms with Gasteiger partial charge in [0, 0.05) is 11.8 Å².